The minimum atomic E-state index is -0.544. The van der Waals surface area contributed by atoms with E-state index in [2.05, 4.69) is 0 Å². The fourth-order valence-corrected chi connectivity index (χ4v) is 2.57. The number of aliphatic hydroxyl groups is 1. The van der Waals surface area contributed by atoms with Gasteiger partial charge in [-0.15, -0.1) is 0 Å². The summed E-state index contributed by atoms with van der Waals surface area (Å²) < 4.78 is 5.52. The highest BCUT2D eigenvalue weighted by atomic mass is 16.5. The largest absolute Gasteiger partial charge is 0.393 e. The fraction of sp³-hybridized carbons (Fsp3) is 0.900. The molecule has 3 atom stereocenters. The second kappa shape index (κ2) is 2.94. The highest BCUT2D eigenvalue weighted by Crippen LogP contribution is 2.41. The van der Waals surface area contributed by atoms with Crippen molar-refractivity contribution in [3.63, 3.8) is 0 Å². The first kappa shape index (κ1) is 9.93. The zero-order chi connectivity index (χ0) is 10.5. The predicted octanol–water partition coefficient (Wildman–Crippen LogP) is 0.351. The summed E-state index contributed by atoms with van der Waals surface area (Å²) in [5.74, 6) is -0.187. The standard InChI is InChI=1S/C10H17NO3/c1-6(12)8-7-4-5-14-10(2,3)11(7)9(8)13/h6-8,12H,4-5H2,1-3H3/t6-,7+,8+/m0/s1. The number of rotatable bonds is 1. The van der Waals surface area contributed by atoms with Crippen LogP contribution in [0.2, 0.25) is 0 Å². The van der Waals surface area contributed by atoms with Gasteiger partial charge in [0.15, 0.2) is 0 Å². The zero-order valence-corrected chi connectivity index (χ0v) is 8.86. The molecule has 2 heterocycles. The van der Waals surface area contributed by atoms with E-state index in [1.54, 1.807) is 11.8 Å². The van der Waals surface area contributed by atoms with Gasteiger partial charge in [0, 0.05) is 0 Å². The topological polar surface area (TPSA) is 49.8 Å². The Morgan fingerprint density at radius 1 is 1.64 bits per heavy atom. The van der Waals surface area contributed by atoms with Gasteiger partial charge >= 0.3 is 0 Å². The molecule has 0 aromatic rings. The van der Waals surface area contributed by atoms with Gasteiger partial charge in [-0.1, -0.05) is 0 Å². The molecule has 1 amide bonds. The van der Waals surface area contributed by atoms with E-state index in [-0.39, 0.29) is 17.9 Å². The lowest BCUT2D eigenvalue weighted by Gasteiger charge is -2.58. The first-order chi connectivity index (χ1) is 6.45. The molecule has 0 radical (unpaired) electrons. The molecule has 2 saturated heterocycles. The van der Waals surface area contributed by atoms with Crippen molar-refractivity contribution in [2.24, 2.45) is 5.92 Å². The van der Waals surface area contributed by atoms with Gasteiger partial charge in [0.2, 0.25) is 5.91 Å². The monoisotopic (exact) mass is 199 g/mol. The molecule has 2 aliphatic rings. The Hall–Kier alpha value is -0.610. The summed E-state index contributed by atoms with van der Waals surface area (Å²) in [6.45, 7) is 6.15. The van der Waals surface area contributed by atoms with Crippen LogP contribution in [-0.4, -0.2) is 40.4 Å². The predicted molar refractivity (Wildman–Crippen MR) is 50.5 cm³/mol. The van der Waals surface area contributed by atoms with Crippen LogP contribution in [0.1, 0.15) is 27.2 Å². The third-order valence-corrected chi connectivity index (χ3v) is 3.24. The van der Waals surface area contributed by atoms with Crippen molar-refractivity contribution in [2.75, 3.05) is 6.61 Å². The van der Waals surface area contributed by atoms with Crippen LogP contribution in [0.15, 0.2) is 0 Å². The summed E-state index contributed by atoms with van der Waals surface area (Å²) in [5, 5.41) is 9.46. The van der Waals surface area contributed by atoms with Crippen LogP contribution in [0, 0.1) is 5.92 Å². The smallest absolute Gasteiger partial charge is 0.232 e. The molecule has 0 saturated carbocycles. The van der Waals surface area contributed by atoms with E-state index in [0.717, 1.165) is 6.42 Å². The van der Waals surface area contributed by atoms with E-state index < -0.39 is 11.8 Å². The molecule has 0 aromatic carbocycles. The molecule has 2 aliphatic heterocycles. The van der Waals surface area contributed by atoms with Crippen molar-refractivity contribution >= 4 is 5.91 Å². The first-order valence-corrected chi connectivity index (χ1v) is 5.10. The lowest BCUT2D eigenvalue weighted by atomic mass is 9.79. The third-order valence-electron chi connectivity index (χ3n) is 3.24. The summed E-state index contributed by atoms with van der Waals surface area (Å²) in [5.41, 5.74) is -0.495. The van der Waals surface area contributed by atoms with Gasteiger partial charge in [0.1, 0.15) is 5.72 Å². The van der Waals surface area contributed by atoms with Crippen molar-refractivity contribution < 1.29 is 14.6 Å². The van der Waals surface area contributed by atoms with Crippen LogP contribution in [0.4, 0.5) is 0 Å². The minimum Gasteiger partial charge on any atom is -0.393 e. The Morgan fingerprint density at radius 2 is 2.29 bits per heavy atom. The van der Waals surface area contributed by atoms with Crippen LogP contribution >= 0.6 is 0 Å². The lowest BCUT2D eigenvalue weighted by molar-refractivity contribution is -0.240. The second-order valence-electron chi connectivity index (χ2n) is 4.63. The number of carbonyl (C=O) groups is 1. The molecule has 2 fully saturated rings. The van der Waals surface area contributed by atoms with Crippen molar-refractivity contribution in [1.82, 2.24) is 4.90 Å². The average Bonchev–Trinajstić information content (AvgIpc) is 1.99. The number of aliphatic hydroxyl groups excluding tert-OH is 1. The maximum atomic E-state index is 11.7. The Morgan fingerprint density at radius 3 is 2.86 bits per heavy atom. The van der Waals surface area contributed by atoms with Gasteiger partial charge < -0.3 is 14.7 Å². The highest BCUT2D eigenvalue weighted by molar-refractivity contribution is 5.87. The maximum absolute atomic E-state index is 11.7. The van der Waals surface area contributed by atoms with Gasteiger partial charge in [-0.25, -0.2) is 0 Å². The van der Waals surface area contributed by atoms with E-state index in [9.17, 15) is 9.90 Å². The van der Waals surface area contributed by atoms with Crippen LogP contribution in [0.5, 0.6) is 0 Å². The molecule has 0 spiro atoms. The van der Waals surface area contributed by atoms with Crippen molar-refractivity contribution in [2.45, 2.75) is 45.1 Å². The van der Waals surface area contributed by atoms with Crippen LogP contribution in [0.25, 0.3) is 0 Å². The Bertz CT molecular complexity index is 262. The van der Waals surface area contributed by atoms with Gasteiger partial charge in [-0.3, -0.25) is 4.79 Å². The van der Waals surface area contributed by atoms with Gasteiger partial charge in [0.05, 0.1) is 24.7 Å². The quantitative estimate of drug-likeness (QED) is 0.620. The molecule has 0 aromatic heterocycles. The molecule has 80 valence electrons. The van der Waals surface area contributed by atoms with Crippen molar-refractivity contribution in [3.8, 4) is 0 Å². The number of ether oxygens (including phenoxy) is 1. The Balaban J connectivity index is 2.17. The second-order valence-corrected chi connectivity index (χ2v) is 4.63. The van der Waals surface area contributed by atoms with Crippen molar-refractivity contribution in [3.05, 3.63) is 0 Å². The Labute approximate surface area is 83.8 Å². The van der Waals surface area contributed by atoms with Crippen LogP contribution < -0.4 is 0 Å². The van der Waals surface area contributed by atoms with E-state index in [0.29, 0.717) is 6.61 Å². The minimum absolute atomic E-state index is 0.0229. The number of amides is 1. The summed E-state index contributed by atoms with van der Waals surface area (Å²) in [4.78, 5) is 13.5. The van der Waals surface area contributed by atoms with E-state index in [1.807, 2.05) is 13.8 Å². The average molecular weight is 199 g/mol. The van der Waals surface area contributed by atoms with Crippen LogP contribution in [-0.2, 0) is 9.53 Å². The SMILES string of the molecule is C[C@H](O)[C@H]1C(=O)N2[C@@H]1CCOC2(C)C. The Kier molecular flexibility index (Phi) is 2.08. The summed E-state index contributed by atoms with van der Waals surface area (Å²) in [6, 6.07) is 0.172. The number of fused-ring (bicyclic) bond motifs is 1. The first-order valence-electron chi connectivity index (χ1n) is 5.10. The van der Waals surface area contributed by atoms with Gasteiger partial charge in [-0.05, 0) is 27.2 Å². The molecular weight excluding hydrogens is 182 g/mol. The lowest BCUT2D eigenvalue weighted by Crippen LogP contribution is -2.73. The number of carbonyl (C=O) groups excluding carboxylic acids is 1. The van der Waals surface area contributed by atoms with Crippen molar-refractivity contribution in [1.29, 1.82) is 0 Å². The number of hydrogen-bond donors (Lipinski definition) is 1. The normalized spacial score (nSPS) is 37.4. The van der Waals surface area contributed by atoms with E-state index in [1.165, 1.54) is 0 Å². The highest BCUT2D eigenvalue weighted by Gasteiger charge is 2.56. The number of β-lactam (4-membered cyclic amide) rings is 1. The molecule has 0 unspecified atom stereocenters. The molecule has 0 aliphatic carbocycles. The molecule has 2 rings (SSSR count). The summed E-state index contributed by atoms with van der Waals surface area (Å²) in [7, 11) is 0. The maximum Gasteiger partial charge on any atom is 0.232 e. The molecule has 4 nitrogen and oxygen atoms in total. The zero-order valence-electron chi connectivity index (χ0n) is 8.86. The molecular formula is C10H17NO3. The molecule has 1 N–H and O–H groups in total. The third kappa shape index (κ3) is 1.17. The summed E-state index contributed by atoms with van der Waals surface area (Å²) in [6.07, 6.45) is 0.294. The van der Waals surface area contributed by atoms with E-state index >= 15 is 0 Å². The van der Waals surface area contributed by atoms with Gasteiger partial charge in [-0.2, -0.15) is 0 Å². The van der Waals surface area contributed by atoms with E-state index in [4.69, 9.17) is 4.74 Å². The number of hydrogen-bond acceptors (Lipinski definition) is 3. The fourth-order valence-electron chi connectivity index (χ4n) is 2.57. The molecule has 0 bridgehead atoms. The van der Waals surface area contributed by atoms with Crippen LogP contribution in [0.3, 0.4) is 0 Å². The van der Waals surface area contributed by atoms with Gasteiger partial charge in [0.25, 0.3) is 0 Å². The summed E-state index contributed by atoms with van der Waals surface area (Å²) >= 11 is 0. The number of nitrogens with zero attached hydrogens (tertiary/aromatic N) is 1. The molecule has 4 heteroatoms. The molecule has 14 heavy (non-hydrogen) atoms.